The van der Waals surface area contributed by atoms with Crippen molar-refractivity contribution < 1.29 is 19.1 Å². The van der Waals surface area contributed by atoms with E-state index in [9.17, 15) is 9.59 Å². The van der Waals surface area contributed by atoms with Crippen LogP contribution in [0.4, 0.5) is 0 Å². The molecule has 0 aliphatic carbocycles. The summed E-state index contributed by atoms with van der Waals surface area (Å²) < 4.78 is 11.1. The highest BCUT2D eigenvalue weighted by Crippen LogP contribution is 2.22. The topological polar surface area (TPSA) is 59.1 Å². The fourth-order valence-electron chi connectivity index (χ4n) is 3.42. The first-order valence-corrected chi connectivity index (χ1v) is 10.6. The largest absolute Gasteiger partial charge is 0.490 e. The summed E-state index contributed by atoms with van der Waals surface area (Å²) in [6.07, 6.45) is 0.704. The molecule has 30 heavy (non-hydrogen) atoms. The van der Waals surface area contributed by atoms with E-state index in [4.69, 9.17) is 21.1 Å². The molecule has 0 saturated carbocycles. The number of carbonyl (C=O) groups is 2. The summed E-state index contributed by atoms with van der Waals surface area (Å²) in [5.41, 5.74) is 1.02. The number of nitrogens with zero attached hydrogens (tertiary/aromatic N) is 2. The third kappa shape index (κ3) is 5.52. The van der Waals surface area contributed by atoms with Gasteiger partial charge in [0, 0.05) is 32.8 Å². The highest BCUT2D eigenvalue weighted by Gasteiger charge is 2.25. The molecular weight excluding hydrogens is 404 g/mol. The van der Waals surface area contributed by atoms with Crippen molar-refractivity contribution in [3.8, 4) is 5.75 Å². The minimum atomic E-state index is -0.102. The van der Waals surface area contributed by atoms with E-state index in [1.807, 2.05) is 19.1 Å². The maximum atomic E-state index is 13.2. The van der Waals surface area contributed by atoms with Crippen LogP contribution in [0.25, 0.3) is 0 Å². The van der Waals surface area contributed by atoms with Crippen molar-refractivity contribution in [3.05, 3.63) is 64.7 Å². The molecule has 1 aliphatic heterocycles. The summed E-state index contributed by atoms with van der Waals surface area (Å²) in [7, 11) is 0. The first-order valence-electron chi connectivity index (χ1n) is 10.2. The van der Waals surface area contributed by atoms with E-state index in [1.54, 1.807) is 46.2 Å². The average molecular weight is 431 g/mol. The SMILES string of the molecule is CCOCCOc1ccccc1C(=O)N1CCCN(C(=O)c2ccccc2Cl)CC1. The minimum absolute atomic E-state index is 0.0888. The number of rotatable bonds is 7. The molecule has 2 amide bonds. The first kappa shape index (κ1) is 22.1. The number of halogens is 1. The van der Waals surface area contributed by atoms with Crippen LogP contribution in [-0.2, 0) is 4.74 Å². The Balaban J connectivity index is 1.65. The molecule has 0 atom stereocenters. The molecule has 0 N–H and O–H groups in total. The monoisotopic (exact) mass is 430 g/mol. The Labute approximate surface area is 182 Å². The third-order valence-electron chi connectivity index (χ3n) is 4.98. The van der Waals surface area contributed by atoms with Gasteiger partial charge in [-0.25, -0.2) is 0 Å². The van der Waals surface area contributed by atoms with Gasteiger partial charge < -0.3 is 19.3 Å². The van der Waals surface area contributed by atoms with Gasteiger partial charge in [0.1, 0.15) is 12.4 Å². The van der Waals surface area contributed by atoms with E-state index in [0.29, 0.717) is 74.3 Å². The maximum Gasteiger partial charge on any atom is 0.257 e. The molecule has 0 aromatic heterocycles. The summed E-state index contributed by atoms with van der Waals surface area (Å²) in [5.74, 6) is 0.360. The Kier molecular flexibility index (Phi) is 8.11. The zero-order chi connectivity index (χ0) is 21.3. The molecule has 1 fully saturated rings. The smallest absolute Gasteiger partial charge is 0.257 e. The Bertz CT molecular complexity index is 874. The Hall–Kier alpha value is -2.57. The normalized spacial score (nSPS) is 14.3. The zero-order valence-corrected chi connectivity index (χ0v) is 17.9. The van der Waals surface area contributed by atoms with Gasteiger partial charge >= 0.3 is 0 Å². The molecule has 1 saturated heterocycles. The second-order valence-electron chi connectivity index (χ2n) is 6.96. The predicted molar refractivity (Wildman–Crippen MR) is 116 cm³/mol. The number of ether oxygens (including phenoxy) is 2. The van der Waals surface area contributed by atoms with Gasteiger partial charge in [-0.3, -0.25) is 9.59 Å². The number of carbonyl (C=O) groups excluding carboxylic acids is 2. The van der Waals surface area contributed by atoms with Crippen molar-refractivity contribution in [2.45, 2.75) is 13.3 Å². The molecule has 0 radical (unpaired) electrons. The lowest BCUT2D eigenvalue weighted by atomic mass is 10.1. The highest BCUT2D eigenvalue weighted by atomic mass is 35.5. The van der Waals surface area contributed by atoms with Crippen molar-refractivity contribution in [3.63, 3.8) is 0 Å². The number of benzene rings is 2. The van der Waals surface area contributed by atoms with Crippen LogP contribution in [0.3, 0.4) is 0 Å². The van der Waals surface area contributed by atoms with Crippen molar-refractivity contribution in [1.29, 1.82) is 0 Å². The average Bonchev–Trinajstić information content (AvgIpc) is 3.03. The molecule has 0 spiro atoms. The van der Waals surface area contributed by atoms with Crippen molar-refractivity contribution in [2.24, 2.45) is 0 Å². The maximum absolute atomic E-state index is 13.2. The Morgan fingerprint density at radius 2 is 1.47 bits per heavy atom. The molecule has 160 valence electrons. The van der Waals surface area contributed by atoms with Crippen LogP contribution in [0.1, 0.15) is 34.1 Å². The summed E-state index contributed by atoms with van der Waals surface area (Å²) in [6, 6.07) is 14.3. The number of hydrogen-bond acceptors (Lipinski definition) is 4. The van der Waals surface area contributed by atoms with Gasteiger partial charge in [0.05, 0.1) is 22.8 Å². The lowest BCUT2D eigenvalue weighted by Crippen LogP contribution is -2.37. The number of hydrogen-bond donors (Lipinski definition) is 0. The van der Waals surface area contributed by atoms with Crippen LogP contribution >= 0.6 is 11.6 Å². The zero-order valence-electron chi connectivity index (χ0n) is 17.2. The molecular formula is C23H27ClN2O4. The van der Waals surface area contributed by atoms with Crippen LogP contribution in [0.2, 0.25) is 5.02 Å². The molecule has 1 aliphatic rings. The van der Waals surface area contributed by atoms with Gasteiger partial charge in [-0.15, -0.1) is 0 Å². The van der Waals surface area contributed by atoms with Gasteiger partial charge in [-0.05, 0) is 37.6 Å². The van der Waals surface area contributed by atoms with E-state index in [1.165, 1.54) is 0 Å². The van der Waals surface area contributed by atoms with E-state index in [2.05, 4.69) is 0 Å². The van der Waals surface area contributed by atoms with Crippen LogP contribution in [0, 0.1) is 0 Å². The van der Waals surface area contributed by atoms with Crippen LogP contribution in [-0.4, -0.2) is 67.6 Å². The number of amides is 2. The van der Waals surface area contributed by atoms with E-state index >= 15 is 0 Å². The fourth-order valence-corrected chi connectivity index (χ4v) is 3.64. The molecule has 7 heteroatoms. The van der Waals surface area contributed by atoms with Crippen molar-refractivity contribution in [1.82, 2.24) is 9.80 Å². The van der Waals surface area contributed by atoms with Gasteiger partial charge in [-0.1, -0.05) is 35.9 Å². The van der Waals surface area contributed by atoms with Crippen LogP contribution < -0.4 is 4.74 Å². The Morgan fingerprint density at radius 3 is 2.13 bits per heavy atom. The third-order valence-corrected chi connectivity index (χ3v) is 5.31. The molecule has 3 rings (SSSR count). The molecule has 6 nitrogen and oxygen atoms in total. The van der Waals surface area contributed by atoms with Crippen LogP contribution in [0.5, 0.6) is 5.75 Å². The Morgan fingerprint density at radius 1 is 0.867 bits per heavy atom. The minimum Gasteiger partial charge on any atom is -0.490 e. The molecule has 2 aromatic rings. The van der Waals surface area contributed by atoms with E-state index < -0.39 is 0 Å². The van der Waals surface area contributed by atoms with E-state index in [-0.39, 0.29) is 11.8 Å². The number of para-hydroxylation sites is 1. The van der Waals surface area contributed by atoms with Gasteiger partial charge in [-0.2, -0.15) is 0 Å². The highest BCUT2D eigenvalue weighted by molar-refractivity contribution is 6.33. The second kappa shape index (κ2) is 11.0. The standard InChI is InChI=1S/C23H27ClN2O4/c1-2-29-16-17-30-21-11-6-4-9-19(21)23(28)26-13-7-12-25(14-15-26)22(27)18-8-3-5-10-20(18)24/h3-6,8-11H,2,7,12-17H2,1H3. The molecule has 0 unspecified atom stereocenters. The summed E-state index contributed by atoms with van der Waals surface area (Å²) >= 11 is 6.18. The second-order valence-corrected chi connectivity index (χ2v) is 7.37. The summed E-state index contributed by atoms with van der Waals surface area (Å²) in [5, 5.41) is 0.442. The molecule has 2 aromatic carbocycles. The fraction of sp³-hybridized carbons (Fsp3) is 0.391. The van der Waals surface area contributed by atoms with Crippen LogP contribution in [0.15, 0.2) is 48.5 Å². The lowest BCUT2D eigenvalue weighted by Gasteiger charge is -2.23. The predicted octanol–water partition coefficient (Wildman–Crippen LogP) is 3.74. The molecule has 1 heterocycles. The van der Waals surface area contributed by atoms with Gasteiger partial charge in [0.25, 0.3) is 11.8 Å². The van der Waals surface area contributed by atoms with Gasteiger partial charge in [0.15, 0.2) is 0 Å². The first-order chi connectivity index (χ1) is 14.6. The summed E-state index contributed by atoms with van der Waals surface area (Å²) in [4.78, 5) is 29.5. The quantitative estimate of drug-likeness (QED) is 0.628. The van der Waals surface area contributed by atoms with E-state index in [0.717, 1.165) is 0 Å². The van der Waals surface area contributed by atoms with Crippen molar-refractivity contribution >= 4 is 23.4 Å². The summed E-state index contributed by atoms with van der Waals surface area (Å²) in [6.45, 7) is 5.50. The van der Waals surface area contributed by atoms with Gasteiger partial charge in [0.2, 0.25) is 0 Å². The van der Waals surface area contributed by atoms with Crippen molar-refractivity contribution in [2.75, 3.05) is 46.0 Å². The lowest BCUT2D eigenvalue weighted by molar-refractivity contribution is 0.0713. The molecule has 0 bridgehead atoms.